The fraction of sp³-hybridized carbons (Fsp3) is 0.200. The summed E-state index contributed by atoms with van der Waals surface area (Å²) >= 11 is 0. The molecule has 0 spiro atoms. The molecule has 1 aromatic carbocycles. The summed E-state index contributed by atoms with van der Waals surface area (Å²) in [5.74, 6) is 1.43. The number of anilines is 1. The molecule has 0 atom stereocenters. The minimum absolute atomic E-state index is 0.602. The van der Waals surface area contributed by atoms with Crippen molar-refractivity contribution in [3.63, 3.8) is 0 Å². The molecule has 0 fully saturated rings. The zero-order valence-corrected chi connectivity index (χ0v) is 12.2. The van der Waals surface area contributed by atoms with E-state index in [1.165, 1.54) is 0 Å². The molecule has 108 valence electrons. The monoisotopic (exact) mass is 283 g/mol. The molecule has 0 unspecified atom stereocenters. The molecule has 2 aromatic heterocycles. The van der Waals surface area contributed by atoms with E-state index in [2.05, 4.69) is 15.3 Å². The highest BCUT2D eigenvalue weighted by molar-refractivity contribution is 5.87. The molecule has 0 saturated heterocycles. The van der Waals surface area contributed by atoms with E-state index in [1.807, 2.05) is 38.2 Å². The molecule has 2 heterocycles. The Morgan fingerprint density at radius 1 is 1.29 bits per heavy atom. The van der Waals surface area contributed by atoms with Crippen LogP contribution in [-0.2, 0) is 7.05 Å². The Balaban J connectivity index is 2.23. The number of hydrogen-bond donors (Lipinski definition) is 2. The number of nitrogen functional groups attached to an aromatic ring is 1. The Hall–Kier alpha value is -2.76. The first kappa shape index (κ1) is 13.2. The minimum atomic E-state index is 0.602. The van der Waals surface area contributed by atoms with Gasteiger partial charge in [0.2, 0.25) is 0 Å². The van der Waals surface area contributed by atoms with Crippen LogP contribution in [-0.4, -0.2) is 27.1 Å². The van der Waals surface area contributed by atoms with Gasteiger partial charge in [-0.3, -0.25) is 9.78 Å². The third-order valence-corrected chi connectivity index (χ3v) is 3.54. The normalized spacial score (nSPS) is 10.8. The van der Waals surface area contributed by atoms with Gasteiger partial charge in [0.05, 0.1) is 18.4 Å². The highest BCUT2D eigenvalue weighted by Gasteiger charge is 2.19. The molecular weight excluding hydrogens is 266 g/mol. The van der Waals surface area contributed by atoms with Gasteiger partial charge in [0, 0.05) is 13.2 Å². The van der Waals surface area contributed by atoms with Crippen LogP contribution >= 0.6 is 0 Å². The summed E-state index contributed by atoms with van der Waals surface area (Å²) in [5, 5.41) is 11.4. The summed E-state index contributed by atoms with van der Waals surface area (Å²) in [4.78, 5) is 0. The summed E-state index contributed by atoms with van der Waals surface area (Å²) in [5.41, 5.74) is 10.7. The van der Waals surface area contributed by atoms with Crippen LogP contribution in [0, 0.1) is 6.92 Å². The van der Waals surface area contributed by atoms with Crippen molar-refractivity contribution in [2.24, 2.45) is 7.05 Å². The average Bonchev–Trinajstić information content (AvgIpc) is 3.09. The van der Waals surface area contributed by atoms with E-state index in [0.29, 0.717) is 5.82 Å². The third kappa shape index (κ3) is 2.14. The van der Waals surface area contributed by atoms with Gasteiger partial charge in [-0.15, -0.1) is 0 Å². The lowest BCUT2D eigenvalue weighted by atomic mass is 10.0. The van der Waals surface area contributed by atoms with Crippen LogP contribution in [0.2, 0.25) is 0 Å². The lowest BCUT2D eigenvalue weighted by Gasteiger charge is -2.08. The Kier molecular flexibility index (Phi) is 3.13. The zero-order valence-electron chi connectivity index (χ0n) is 12.2. The van der Waals surface area contributed by atoms with E-state index in [4.69, 9.17) is 10.5 Å². The van der Waals surface area contributed by atoms with E-state index in [0.717, 1.165) is 33.8 Å². The number of aromatic nitrogens is 4. The number of nitrogens with zero attached hydrogens (tertiary/aromatic N) is 3. The molecule has 0 saturated carbocycles. The lowest BCUT2D eigenvalue weighted by molar-refractivity contribution is 0.412. The first-order chi connectivity index (χ1) is 10.1. The van der Waals surface area contributed by atoms with Crippen LogP contribution in [0.4, 0.5) is 5.82 Å². The molecule has 6 heteroatoms. The number of methoxy groups -OCH3 is 1. The summed E-state index contributed by atoms with van der Waals surface area (Å²) in [6.45, 7) is 2.00. The standard InChI is InChI=1S/C15H17N5O/c1-9-4-5-10(8-12(9)21-3)13-14(11-6-7-17-18-11)19-20(2)15(13)16/h4-8H,16H2,1-3H3,(H,17,18). The van der Waals surface area contributed by atoms with Crippen molar-refractivity contribution in [1.82, 2.24) is 20.0 Å². The van der Waals surface area contributed by atoms with Gasteiger partial charge >= 0.3 is 0 Å². The van der Waals surface area contributed by atoms with Gasteiger partial charge in [-0.2, -0.15) is 10.2 Å². The SMILES string of the molecule is COc1cc(-c2c(-c3ccn[nH]3)nn(C)c2N)ccc1C. The molecule has 0 aliphatic heterocycles. The molecule has 3 N–H and O–H groups in total. The maximum absolute atomic E-state index is 6.20. The van der Waals surface area contributed by atoms with Crippen molar-refractivity contribution in [3.05, 3.63) is 36.0 Å². The number of nitrogens with two attached hydrogens (primary N) is 1. The highest BCUT2D eigenvalue weighted by atomic mass is 16.5. The molecular formula is C15H17N5O. The summed E-state index contributed by atoms with van der Waals surface area (Å²) in [7, 11) is 3.48. The molecule has 0 bridgehead atoms. The lowest BCUT2D eigenvalue weighted by Crippen LogP contribution is -1.98. The van der Waals surface area contributed by atoms with Gasteiger partial charge in [-0.25, -0.2) is 0 Å². The second-order valence-electron chi connectivity index (χ2n) is 4.89. The first-order valence-electron chi connectivity index (χ1n) is 6.59. The summed E-state index contributed by atoms with van der Waals surface area (Å²) in [6, 6.07) is 7.88. The molecule has 0 radical (unpaired) electrons. The second-order valence-corrected chi connectivity index (χ2v) is 4.89. The smallest absolute Gasteiger partial charge is 0.129 e. The number of H-pyrrole nitrogens is 1. The Labute approximate surface area is 122 Å². The number of nitrogens with one attached hydrogen (secondary N) is 1. The quantitative estimate of drug-likeness (QED) is 0.773. The van der Waals surface area contributed by atoms with Gasteiger partial charge in [0.1, 0.15) is 17.3 Å². The predicted molar refractivity (Wildman–Crippen MR) is 81.9 cm³/mol. The number of benzene rings is 1. The fourth-order valence-electron chi connectivity index (χ4n) is 2.37. The van der Waals surface area contributed by atoms with Crippen molar-refractivity contribution in [2.75, 3.05) is 12.8 Å². The van der Waals surface area contributed by atoms with Gasteiger partial charge in [0.25, 0.3) is 0 Å². The number of rotatable bonds is 3. The third-order valence-electron chi connectivity index (χ3n) is 3.54. The van der Waals surface area contributed by atoms with Crippen LogP contribution in [0.25, 0.3) is 22.5 Å². The molecule has 0 aliphatic carbocycles. The van der Waals surface area contributed by atoms with Crippen LogP contribution < -0.4 is 10.5 Å². The highest BCUT2D eigenvalue weighted by Crippen LogP contribution is 2.37. The maximum atomic E-state index is 6.20. The van der Waals surface area contributed by atoms with E-state index < -0.39 is 0 Å². The van der Waals surface area contributed by atoms with Crippen molar-refractivity contribution in [1.29, 1.82) is 0 Å². The van der Waals surface area contributed by atoms with Gasteiger partial charge in [-0.1, -0.05) is 12.1 Å². The number of aryl methyl sites for hydroxylation is 2. The zero-order chi connectivity index (χ0) is 15.0. The largest absolute Gasteiger partial charge is 0.496 e. The Morgan fingerprint density at radius 2 is 2.10 bits per heavy atom. The molecule has 3 rings (SSSR count). The maximum Gasteiger partial charge on any atom is 0.129 e. The molecule has 3 aromatic rings. The van der Waals surface area contributed by atoms with E-state index in [9.17, 15) is 0 Å². The summed E-state index contributed by atoms with van der Waals surface area (Å²) < 4.78 is 7.06. The molecule has 6 nitrogen and oxygen atoms in total. The van der Waals surface area contributed by atoms with Crippen molar-refractivity contribution >= 4 is 5.82 Å². The van der Waals surface area contributed by atoms with Gasteiger partial charge < -0.3 is 10.5 Å². The fourth-order valence-corrected chi connectivity index (χ4v) is 2.37. The second kappa shape index (κ2) is 4.97. The van der Waals surface area contributed by atoms with Crippen LogP contribution in [0.15, 0.2) is 30.5 Å². The van der Waals surface area contributed by atoms with Gasteiger partial charge in [0.15, 0.2) is 0 Å². The van der Waals surface area contributed by atoms with Crippen LogP contribution in [0.1, 0.15) is 5.56 Å². The van der Waals surface area contributed by atoms with Crippen LogP contribution in [0.3, 0.4) is 0 Å². The van der Waals surface area contributed by atoms with E-state index >= 15 is 0 Å². The first-order valence-corrected chi connectivity index (χ1v) is 6.59. The van der Waals surface area contributed by atoms with Gasteiger partial charge in [-0.05, 0) is 30.2 Å². The molecule has 0 aliphatic rings. The Morgan fingerprint density at radius 3 is 2.76 bits per heavy atom. The van der Waals surface area contributed by atoms with Crippen molar-refractivity contribution in [3.8, 4) is 28.3 Å². The van der Waals surface area contributed by atoms with Crippen LogP contribution in [0.5, 0.6) is 5.75 Å². The summed E-state index contributed by atoms with van der Waals surface area (Å²) in [6.07, 6.45) is 1.69. The molecule has 21 heavy (non-hydrogen) atoms. The van der Waals surface area contributed by atoms with Crippen molar-refractivity contribution < 1.29 is 4.74 Å². The predicted octanol–water partition coefficient (Wildman–Crippen LogP) is 2.38. The van der Waals surface area contributed by atoms with E-state index in [-0.39, 0.29) is 0 Å². The molecule has 0 amide bonds. The number of hydrogen-bond acceptors (Lipinski definition) is 4. The van der Waals surface area contributed by atoms with E-state index in [1.54, 1.807) is 18.0 Å². The number of ether oxygens (including phenoxy) is 1. The minimum Gasteiger partial charge on any atom is -0.496 e. The topological polar surface area (TPSA) is 81.8 Å². The number of aromatic amines is 1. The Bertz CT molecular complexity index is 774. The van der Waals surface area contributed by atoms with Crippen molar-refractivity contribution in [2.45, 2.75) is 6.92 Å². The average molecular weight is 283 g/mol.